The lowest BCUT2D eigenvalue weighted by atomic mass is 9.95. The van der Waals surface area contributed by atoms with Gasteiger partial charge in [-0.3, -0.25) is 4.98 Å². The molecule has 2 nitrogen and oxygen atoms in total. The van der Waals surface area contributed by atoms with Crippen molar-refractivity contribution in [3.8, 4) is 0 Å². The predicted octanol–water partition coefficient (Wildman–Crippen LogP) is 3.34. The van der Waals surface area contributed by atoms with Crippen molar-refractivity contribution in [2.45, 2.75) is 19.3 Å². The highest BCUT2D eigenvalue weighted by Crippen LogP contribution is 2.32. The first-order chi connectivity index (χ1) is 7.74. The molecule has 2 N–H and O–H groups in total. The maximum Gasteiger partial charge on any atom is 0.0751 e. The van der Waals surface area contributed by atoms with Crippen LogP contribution in [0.4, 0.5) is 0 Å². The number of nitrogens with two attached hydrogens (primary N) is 1. The second-order valence-electron chi connectivity index (χ2n) is 4.01. The van der Waals surface area contributed by atoms with E-state index in [1.807, 2.05) is 18.2 Å². The van der Waals surface area contributed by atoms with E-state index in [0.717, 1.165) is 27.9 Å². The fourth-order valence-corrected chi connectivity index (χ4v) is 2.34. The fraction of sp³-hybridized carbons (Fsp3) is 0.308. The molecule has 0 aliphatic carbocycles. The molecule has 0 spiro atoms. The van der Waals surface area contributed by atoms with E-state index in [0.29, 0.717) is 12.5 Å². The lowest BCUT2D eigenvalue weighted by Crippen LogP contribution is -2.06. The highest BCUT2D eigenvalue weighted by Gasteiger charge is 2.13. The zero-order valence-corrected chi connectivity index (χ0v) is 10.0. The first kappa shape index (κ1) is 11.4. The minimum atomic E-state index is 0.344. The molecule has 3 heteroatoms. The van der Waals surface area contributed by atoms with Crippen molar-refractivity contribution in [2.75, 3.05) is 6.54 Å². The third-order valence-corrected chi connectivity index (χ3v) is 3.18. The summed E-state index contributed by atoms with van der Waals surface area (Å²) < 4.78 is 0. The van der Waals surface area contributed by atoms with Gasteiger partial charge in [-0.05, 0) is 36.6 Å². The van der Waals surface area contributed by atoms with Gasteiger partial charge in [-0.25, -0.2) is 0 Å². The normalized spacial score (nSPS) is 12.9. The van der Waals surface area contributed by atoms with Crippen LogP contribution in [0.25, 0.3) is 10.9 Å². The van der Waals surface area contributed by atoms with Gasteiger partial charge >= 0.3 is 0 Å². The Hall–Kier alpha value is -1.12. The molecule has 1 heterocycles. The summed E-state index contributed by atoms with van der Waals surface area (Å²) in [7, 11) is 0. The summed E-state index contributed by atoms with van der Waals surface area (Å²) in [6.07, 6.45) is 2.73. The predicted molar refractivity (Wildman–Crippen MR) is 68.8 cm³/mol. The number of pyridine rings is 1. The van der Waals surface area contributed by atoms with Crippen LogP contribution in [0.15, 0.2) is 30.5 Å². The molecule has 0 aliphatic rings. The standard InChI is InChI=1S/C13H15ClN2/c1-9(6-7-15)12-11(14)5-4-10-3-2-8-16-13(10)12/h2-5,8-9H,6-7,15H2,1H3. The van der Waals surface area contributed by atoms with E-state index in [1.54, 1.807) is 6.20 Å². The van der Waals surface area contributed by atoms with Gasteiger partial charge in [-0.2, -0.15) is 0 Å². The van der Waals surface area contributed by atoms with E-state index in [1.165, 1.54) is 0 Å². The molecule has 0 saturated carbocycles. The van der Waals surface area contributed by atoms with Crippen LogP contribution < -0.4 is 5.73 Å². The summed E-state index contributed by atoms with van der Waals surface area (Å²) in [6.45, 7) is 2.81. The van der Waals surface area contributed by atoms with E-state index >= 15 is 0 Å². The van der Waals surface area contributed by atoms with E-state index in [9.17, 15) is 0 Å². The summed E-state index contributed by atoms with van der Waals surface area (Å²) in [6, 6.07) is 7.93. The van der Waals surface area contributed by atoms with Gasteiger partial charge in [0, 0.05) is 16.6 Å². The highest BCUT2D eigenvalue weighted by atomic mass is 35.5. The molecule has 1 aromatic heterocycles. The smallest absolute Gasteiger partial charge is 0.0751 e. The molecule has 0 amide bonds. The van der Waals surface area contributed by atoms with Gasteiger partial charge < -0.3 is 5.73 Å². The molecule has 0 fully saturated rings. The van der Waals surface area contributed by atoms with Crippen LogP contribution >= 0.6 is 11.6 Å². The number of hydrogen-bond acceptors (Lipinski definition) is 2. The summed E-state index contributed by atoms with van der Waals surface area (Å²) in [5.74, 6) is 0.344. The summed E-state index contributed by atoms with van der Waals surface area (Å²) in [5.41, 5.74) is 7.71. The van der Waals surface area contributed by atoms with Gasteiger partial charge in [-0.1, -0.05) is 30.7 Å². The molecule has 1 aromatic carbocycles. The Morgan fingerprint density at radius 3 is 2.94 bits per heavy atom. The van der Waals surface area contributed by atoms with Gasteiger partial charge in [0.1, 0.15) is 0 Å². The van der Waals surface area contributed by atoms with E-state index in [-0.39, 0.29) is 0 Å². The number of hydrogen-bond donors (Lipinski definition) is 1. The zero-order chi connectivity index (χ0) is 11.5. The van der Waals surface area contributed by atoms with Gasteiger partial charge in [-0.15, -0.1) is 0 Å². The molecule has 16 heavy (non-hydrogen) atoms. The average Bonchev–Trinajstić information content (AvgIpc) is 2.29. The number of benzene rings is 1. The molecule has 2 rings (SSSR count). The Kier molecular flexibility index (Phi) is 3.42. The molecule has 0 radical (unpaired) electrons. The first-order valence-electron chi connectivity index (χ1n) is 5.47. The van der Waals surface area contributed by atoms with Gasteiger partial charge in [0.25, 0.3) is 0 Å². The summed E-state index contributed by atoms with van der Waals surface area (Å²) in [5, 5.41) is 1.91. The van der Waals surface area contributed by atoms with Crippen molar-refractivity contribution in [3.63, 3.8) is 0 Å². The second kappa shape index (κ2) is 4.81. The van der Waals surface area contributed by atoms with Crippen LogP contribution in [0.5, 0.6) is 0 Å². The van der Waals surface area contributed by atoms with E-state index in [2.05, 4.69) is 18.0 Å². The largest absolute Gasteiger partial charge is 0.330 e. The Bertz CT molecular complexity index is 496. The highest BCUT2D eigenvalue weighted by molar-refractivity contribution is 6.32. The molecule has 2 aromatic rings. The number of aromatic nitrogens is 1. The lowest BCUT2D eigenvalue weighted by molar-refractivity contribution is 0.694. The quantitative estimate of drug-likeness (QED) is 0.885. The molecule has 1 unspecified atom stereocenters. The SMILES string of the molecule is CC(CCN)c1c(Cl)ccc2cccnc12. The van der Waals surface area contributed by atoms with Gasteiger partial charge in [0.15, 0.2) is 0 Å². The zero-order valence-electron chi connectivity index (χ0n) is 9.28. The maximum atomic E-state index is 6.25. The monoisotopic (exact) mass is 234 g/mol. The summed E-state index contributed by atoms with van der Waals surface area (Å²) >= 11 is 6.25. The van der Waals surface area contributed by atoms with Crippen molar-refractivity contribution in [1.29, 1.82) is 0 Å². The minimum absolute atomic E-state index is 0.344. The number of nitrogens with zero attached hydrogens (tertiary/aromatic N) is 1. The molecular weight excluding hydrogens is 220 g/mol. The minimum Gasteiger partial charge on any atom is -0.330 e. The van der Waals surface area contributed by atoms with Crippen LogP contribution in [0.1, 0.15) is 24.8 Å². The fourth-order valence-electron chi connectivity index (χ4n) is 2.01. The van der Waals surface area contributed by atoms with Crippen LogP contribution in [-0.2, 0) is 0 Å². The molecule has 1 atom stereocenters. The number of halogens is 1. The molecular formula is C13H15ClN2. The topological polar surface area (TPSA) is 38.9 Å². The second-order valence-corrected chi connectivity index (χ2v) is 4.42. The van der Waals surface area contributed by atoms with Gasteiger partial charge in [0.05, 0.1) is 5.52 Å². The van der Waals surface area contributed by atoms with Gasteiger partial charge in [0.2, 0.25) is 0 Å². The van der Waals surface area contributed by atoms with Crippen molar-refractivity contribution >= 4 is 22.5 Å². The van der Waals surface area contributed by atoms with Crippen LogP contribution in [0.3, 0.4) is 0 Å². The Morgan fingerprint density at radius 2 is 2.19 bits per heavy atom. The number of fused-ring (bicyclic) bond motifs is 1. The van der Waals surface area contributed by atoms with E-state index < -0.39 is 0 Å². The van der Waals surface area contributed by atoms with Crippen LogP contribution in [0, 0.1) is 0 Å². The summed E-state index contributed by atoms with van der Waals surface area (Å²) in [4.78, 5) is 4.42. The Morgan fingerprint density at radius 1 is 1.38 bits per heavy atom. The van der Waals surface area contributed by atoms with Crippen LogP contribution in [0.2, 0.25) is 5.02 Å². The molecule has 0 saturated heterocycles. The van der Waals surface area contributed by atoms with Crippen LogP contribution in [-0.4, -0.2) is 11.5 Å². The molecule has 0 aliphatic heterocycles. The third-order valence-electron chi connectivity index (χ3n) is 2.85. The van der Waals surface area contributed by atoms with Crippen molar-refractivity contribution in [1.82, 2.24) is 4.98 Å². The van der Waals surface area contributed by atoms with E-state index in [4.69, 9.17) is 17.3 Å². The molecule has 84 valence electrons. The van der Waals surface area contributed by atoms with Crippen molar-refractivity contribution in [3.05, 3.63) is 41.0 Å². The number of rotatable bonds is 3. The Balaban J connectivity index is 2.61. The Labute approximate surface area is 100 Å². The molecule has 0 bridgehead atoms. The van der Waals surface area contributed by atoms with Crippen molar-refractivity contribution in [2.24, 2.45) is 5.73 Å². The van der Waals surface area contributed by atoms with Crippen molar-refractivity contribution < 1.29 is 0 Å². The first-order valence-corrected chi connectivity index (χ1v) is 5.85. The third kappa shape index (κ3) is 2.04. The maximum absolute atomic E-state index is 6.25. The lowest BCUT2D eigenvalue weighted by Gasteiger charge is -2.14. The average molecular weight is 235 g/mol.